The maximum atomic E-state index is 12.1. The monoisotopic (exact) mass is 304 g/mol. The Kier molecular flexibility index (Phi) is 5.49. The molecule has 1 rings (SSSR count). The third kappa shape index (κ3) is 3.91. The fourth-order valence-electron chi connectivity index (χ4n) is 1.65. The Labute approximate surface area is 106 Å². The molecular weight excluding hydrogens is 288 g/mol. The summed E-state index contributed by atoms with van der Waals surface area (Å²) in [6.45, 7) is 2.07. The van der Waals surface area contributed by atoms with Crippen LogP contribution in [0.25, 0.3) is 0 Å². The number of benzene rings is 1. The van der Waals surface area contributed by atoms with E-state index in [1.54, 1.807) is 24.3 Å². The van der Waals surface area contributed by atoms with Crippen LogP contribution in [0.4, 0.5) is 0 Å². The Bertz CT molecular complexity index is 400. The second-order valence-corrected chi connectivity index (χ2v) is 6.59. The standard InChI is InChI=1S/C12H17BrO2S/c1-2-6-11(9-13)10-16(14,15)12-7-4-3-5-8-12/h3-5,7-8,11H,2,6,9-10H2,1H3. The average Bonchev–Trinajstić information content (AvgIpc) is 2.29. The zero-order valence-electron chi connectivity index (χ0n) is 9.40. The first kappa shape index (κ1) is 13.7. The van der Waals surface area contributed by atoms with Crippen molar-refractivity contribution >= 4 is 25.8 Å². The number of hydrogen-bond acceptors (Lipinski definition) is 2. The molecule has 0 radical (unpaired) electrons. The highest BCUT2D eigenvalue weighted by atomic mass is 79.9. The summed E-state index contributed by atoms with van der Waals surface area (Å²) in [5, 5.41) is 0.743. The van der Waals surface area contributed by atoms with E-state index in [9.17, 15) is 8.42 Å². The van der Waals surface area contributed by atoms with Gasteiger partial charge in [-0.3, -0.25) is 0 Å². The van der Waals surface area contributed by atoms with E-state index in [0.29, 0.717) is 4.90 Å². The molecule has 2 nitrogen and oxygen atoms in total. The van der Waals surface area contributed by atoms with E-state index in [-0.39, 0.29) is 11.7 Å². The van der Waals surface area contributed by atoms with E-state index in [1.807, 2.05) is 6.07 Å². The molecule has 0 fully saturated rings. The van der Waals surface area contributed by atoms with Crippen molar-refractivity contribution in [3.63, 3.8) is 0 Å². The lowest BCUT2D eigenvalue weighted by molar-refractivity contribution is 0.552. The molecule has 0 aliphatic carbocycles. The summed E-state index contributed by atoms with van der Waals surface area (Å²) in [7, 11) is -3.12. The van der Waals surface area contributed by atoms with Crippen LogP contribution in [-0.4, -0.2) is 19.5 Å². The fourth-order valence-corrected chi connectivity index (χ4v) is 4.17. The van der Waals surface area contributed by atoms with Crippen LogP contribution in [0.2, 0.25) is 0 Å². The van der Waals surface area contributed by atoms with Gasteiger partial charge >= 0.3 is 0 Å². The minimum absolute atomic E-state index is 0.204. The first-order valence-corrected chi connectivity index (χ1v) is 8.21. The molecule has 1 atom stereocenters. The van der Waals surface area contributed by atoms with Crippen LogP contribution in [0.1, 0.15) is 19.8 Å². The SMILES string of the molecule is CCCC(CBr)CS(=O)(=O)c1ccccc1. The maximum Gasteiger partial charge on any atom is 0.178 e. The van der Waals surface area contributed by atoms with Crippen LogP contribution in [-0.2, 0) is 9.84 Å². The summed E-state index contributed by atoms with van der Waals surface area (Å²) in [4.78, 5) is 0.428. The molecule has 1 aromatic rings. The third-order valence-corrected chi connectivity index (χ3v) is 5.29. The Morgan fingerprint density at radius 2 is 1.88 bits per heavy atom. The largest absolute Gasteiger partial charge is 0.224 e. The van der Waals surface area contributed by atoms with Crippen molar-refractivity contribution in [3.8, 4) is 0 Å². The van der Waals surface area contributed by atoms with Gasteiger partial charge in [0.25, 0.3) is 0 Å². The predicted molar refractivity (Wildman–Crippen MR) is 70.7 cm³/mol. The van der Waals surface area contributed by atoms with Crippen molar-refractivity contribution in [2.75, 3.05) is 11.1 Å². The van der Waals surface area contributed by atoms with Gasteiger partial charge in [0.2, 0.25) is 0 Å². The van der Waals surface area contributed by atoms with Gasteiger partial charge in [-0.1, -0.05) is 47.5 Å². The Hall–Kier alpha value is -0.350. The maximum absolute atomic E-state index is 12.1. The molecule has 0 bridgehead atoms. The molecule has 0 saturated carbocycles. The number of hydrogen-bond donors (Lipinski definition) is 0. The first-order valence-electron chi connectivity index (χ1n) is 5.44. The summed E-state index contributed by atoms with van der Waals surface area (Å²) in [6, 6.07) is 8.66. The molecule has 1 aromatic carbocycles. The van der Waals surface area contributed by atoms with Crippen molar-refractivity contribution in [2.24, 2.45) is 5.92 Å². The van der Waals surface area contributed by atoms with Crippen molar-refractivity contribution < 1.29 is 8.42 Å². The molecule has 0 aliphatic rings. The molecule has 0 aromatic heterocycles. The topological polar surface area (TPSA) is 34.1 Å². The van der Waals surface area contributed by atoms with Crippen molar-refractivity contribution in [1.82, 2.24) is 0 Å². The molecule has 0 N–H and O–H groups in total. The normalized spacial score (nSPS) is 13.6. The summed E-state index contributed by atoms with van der Waals surface area (Å²) in [5.74, 6) is 0.436. The van der Waals surface area contributed by atoms with Gasteiger partial charge < -0.3 is 0 Å². The number of alkyl halides is 1. The second-order valence-electron chi connectivity index (χ2n) is 3.90. The van der Waals surface area contributed by atoms with Gasteiger partial charge in [0.15, 0.2) is 9.84 Å². The molecule has 4 heteroatoms. The van der Waals surface area contributed by atoms with Gasteiger partial charge in [0, 0.05) is 5.33 Å². The molecule has 16 heavy (non-hydrogen) atoms. The van der Waals surface area contributed by atoms with Crippen LogP contribution in [0, 0.1) is 5.92 Å². The smallest absolute Gasteiger partial charge is 0.178 e. The highest BCUT2D eigenvalue weighted by Gasteiger charge is 2.19. The van der Waals surface area contributed by atoms with Gasteiger partial charge in [0.05, 0.1) is 10.6 Å². The zero-order valence-corrected chi connectivity index (χ0v) is 11.8. The van der Waals surface area contributed by atoms with Crippen LogP contribution in [0.15, 0.2) is 35.2 Å². The van der Waals surface area contributed by atoms with Crippen LogP contribution < -0.4 is 0 Å². The van der Waals surface area contributed by atoms with E-state index in [4.69, 9.17) is 0 Å². The Morgan fingerprint density at radius 1 is 1.25 bits per heavy atom. The summed E-state index contributed by atoms with van der Waals surface area (Å²) < 4.78 is 24.1. The number of halogens is 1. The van der Waals surface area contributed by atoms with Gasteiger partial charge in [-0.05, 0) is 24.5 Å². The molecule has 0 saturated heterocycles. The summed E-state index contributed by atoms with van der Waals surface area (Å²) >= 11 is 3.38. The lowest BCUT2D eigenvalue weighted by Crippen LogP contribution is -2.17. The lowest BCUT2D eigenvalue weighted by Gasteiger charge is -2.13. The lowest BCUT2D eigenvalue weighted by atomic mass is 10.1. The molecule has 0 spiro atoms. The summed E-state index contributed by atoms with van der Waals surface area (Å²) in [5.41, 5.74) is 0. The predicted octanol–water partition coefficient (Wildman–Crippen LogP) is 3.27. The van der Waals surface area contributed by atoms with Crippen LogP contribution >= 0.6 is 15.9 Å². The number of sulfone groups is 1. The van der Waals surface area contributed by atoms with E-state index in [0.717, 1.165) is 18.2 Å². The first-order chi connectivity index (χ1) is 7.60. The summed E-state index contributed by atoms with van der Waals surface area (Å²) in [6.07, 6.45) is 1.96. The van der Waals surface area contributed by atoms with Gasteiger partial charge in [-0.2, -0.15) is 0 Å². The molecule has 0 aliphatic heterocycles. The fraction of sp³-hybridized carbons (Fsp3) is 0.500. The van der Waals surface area contributed by atoms with Crippen LogP contribution in [0.5, 0.6) is 0 Å². The molecule has 0 amide bonds. The molecule has 1 unspecified atom stereocenters. The molecule has 0 heterocycles. The third-order valence-electron chi connectivity index (χ3n) is 2.47. The Morgan fingerprint density at radius 3 is 2.38 bits per heavy atom. The van der Waals surface area contributed by atoms with Crippen molar-refractivity contribution in [1.29, 1.82) is 0 Å². The van der Waals surface area contributed by atoms with E-state index >= 15 is 0 Å². The van der Waals surface area contributed by atoms with Crippen molar-refractivity contribution in [2.45, 2.75) is 24.7 Å². The quantitative estimate of drug-likeness (QED) is 0.756. The Balaban J connectivity index is 2.79. The minimum Gasteiger partial charge on any atom is -0.224 e. The van der Waals surface area contributed by atoms with E-state index in [2.05, 4.69) is 22.9 Å². The van der Waals surface area contributed by atoms with Gasteiger partial charge in [-0.25, -0.2) is 8.42 Å². The van der Waals surface area contributed by atoms with Crippen LogP contribution in [0.3, 0.4) is 0 Å². The number of rotatable bonds is 6. The highest BCUT2D eigenvalue weighted by molar-refractivity contribution is 9.09. The minimum atomic E-state index is -3.12. The highest BCUT2D eigenvalue weighted by Crippen LogP contribution is 2.18. The molecular formula is C12H17BrO2S. The molecule has 90 valence electrons. The van der Waals surface area contributed by atoms with Gasteiger partial charge in [-0.15, -0.1) is 0 Å². The zero-order chi connectivity index (χ0) is 12.0. The second kappa shape index (κ2) is 6.40. The van der Waals surface area contributed by atoms with E-state index in [1.165, 1.54) is 0 Å². The average molecular weight is 305 g/mol. The van der Waals surface area contributed by atoms with E-state index < -0.39 is 9.84 Å². The van der Waals surface area contributed by atoms with Crippen molar-refractivity contribution in [3.05, 3.63) is 30.3 Å². The van der Waals surface area contributed by atoms with Gasteiger partial charge in [0.1, 0.15) is 0 Å².